The van der Waals surface area contributed by atoms with Crippen LogP contribution in [-0.2, 0) is 28.0 Å². The van der Waals surface area contributed by atoms with E-state index >= 15 is 0 Å². The Morgan fingerprint density at radius 3 is 2.29 bits per heavy atom. The van der Waals surface area contributed by atoms with Crippen molar-refractivity contribution in [3.63, 3.8) is 0 Å². The summed E-state index contributed by atoms with van der Waals surface area (Å²) in [6.45, 7) is 7.43. The molecular formula is C25H30N4O2. The molecule has 3 aromatic rings. The topological polar surface area (TPSA) is 76.0 Å². The third kappa shape index (κ3) is 6.81. The van der Waals surface area contributed by atoms with E-state index in [-0.39, 0.29) is 23.7 Å². The molecule has 0 radical (unpaired) electrons. The number of benzene rings is 2. The number of carbonyl (C=O) groups excluding carboxylic acids is 2. The first-order valence-corrected chi connectivity index (χ1v) is 10.5. The minimum atomic E-state index is -0.162. The van der Waals surface area contributed by atoms with E-state index in [9.17, 15) is 9.59 Å². The quantitative estimate of drug-likeness (QED) is 0.582. The van der Waals surface area contributed by atoms with Crippen molar-refractivity contribution in [2.75, 3.05) is 11.9 Å². The summed E-state index contributed by atoms with van der Waals surface area (Å²) < 4.78 is 1.76. The van der Waals surface area contributed by atoms with Crippen LogP contribution in [0.15, 0.2) is 66.9 Å². The molecule has 3 rings (SSSR count). The van der Waals surface area contributed by atoms with E-state index in [2.05, 4.69) is 60.8 Å². The van der Waals surface area contributed by atoms with Gasteiger partial charge >= 0.3 is 0 Å². The Labute approximate surface area is 183 Å². The number of nitrogens with one attached hydrogen (secondary N) is 2. The minimum Gasteiger partial charge on any atom is -0.355 e. The summed E-state index contributed by atoms with van der Waals surface area (Å²) in [4.78, 5) is 24.3. The number of hydrogen-bond acceptors (Lipinski definition) is 3. The van der Waals surface area contributed by atoms with Gasteiger partial charge in [-0.2, -0.15) is 5.10 Å². The van der Waals surface area contributed by atoms with E-state index in [4.69, 9.17) is 0 Å². The van der Waals surface area contributed by atoms with Crippen LogP contribution < -0.4 is 10.6 Å². The van der Waals surface area contributed by atoms with Crippen LogP contribution in [0.25, 0.3) is 0 Å². The SMILES string of the molecule is CC(C)(C)c1ccc(Cn2nccc2NC(=O)CCNC(=O)Cc2ccccc2)cc1. The van der Waals surface area contributed by atoms with E-state index < -0.39 is 0 Å². The maximum absolute atomic E-state index is 12.3. The van der Waals surface area contributed by atoms with Gasteiger partial charge in [-0.05, 0) is 22.1 Å². The number of anilines is 1. The maximum atomic E-state index is 12.3. The Morgan fingerprint density at radius 2 is 1.61 bits per heavy atom. The normalized spacial score (nSPS) is 11.2. The Hall–Kier alpha value is -3.41. The summed E-state index contributed by atoms with van der Waals surface area (Å²) in [5, 5.41) is 9.99. The highest BCUT2D eigenvalue weighted by Crippen LogP contribution is 2.22. The summed E-state index contributed by atoms with van der Waals surface area (Å²) in [7, 11) is 0. The lowest BCUT2D eigenvalue weighted by Gasteiger charge is -2.19. The van der Waals surface area contributed by atoms with Crippen molar-refractivity contribution < 1.29 is 9.59 Å². The fraction of sp³-hybridized carbons (Fsp3) is 0.320. The second-order valence-corrected chi connectivity index (χ2v) is 8.63. The standard InChI is InChI=1S/C25H30N4O2/c1-25(2,3)21-11-9-20(10-12-21)18-29-22(13-16-27-29)28-23(30)14-15-26-24(31)17-19-7-5-4-6-8-19/h4-13,16H,14-15,17-18H2,1-3H3,(H,26,31)(H,28,30). The number of nitrogens with zero attached hydrogens (tertiary/aromatic N) is 2. The lowest BCUT2D eigenvalue weighted by atomic mass is 9.87. The molecule has 6 heteroatoms. The van der Waals surface area contributed by atoms with Crippen LogP contribution in [0.1, 0.15) is 43.9 Å². The van der Waals surface area contributed by atoms with E-state index in [0.29, 0.717) is 25.3 Å². The van der Waals surface area contributed by atoms with Gasteiger partial charge in [0.2, 0.25) is 11.8 Å². The lowest BCUT2D eigenvalue weighted by molar-refractivity contribution is -0.120. The molecular weight excluding hydrogens is 388 g/mol. The highest BCUT2D eigenvalue weighted by atomic mass is 16.2. The molecule has 0 aliphatic rings. The molecule has 162 valence electrons. The molecule has 0 saturated carbocycles. The molecule has 0 unspecified atom stereocenters. The summed E-state index contributed by atoms with van der Waals surface area (Å²) >= 11 is 0. The molecule has 1 aromatic heterocycles. The fourth-order valence-corrected chi connectivity index (χ4v) is 3.21. The summed E-state index contributed by atoms with van der Waals surface area (Å²) in [5.41, 5.74) is 3.45. The number of hydrogen-bond donors (Lipinski definition) is 2. The lowest BCUT2D eigenvalue weighted by Crippen LogP contribution is -2.29. The highest BCUT2D eigenvalue weighted by molar-refractivity contribution is 5.90. The van der Waals surface area contributed by atoms with Crippen molar-refractivity contribution in [3.8, 4) is 0 Å². The van der Waals surface area contributed by atoms with Crippen molar-refractivity contribution >= 4 is 17.6 Å². The molecule has 0 fully saturated rings. The third-order valence-corrected chi connectivity index (χ3v) is 5.02. The smallest absolute Gasteiger partial charge is 0.227 e. The van der Waals surface area contributed by atoms with Gasteiger partial charge in [-0.25, -0.2) is 4.68 Å². The molecule has 0 aliphatic carbocycles. The van der Waals surface area contributed by atoms with Gasteiger partial charge in [0.1, 0.15) is 5.82 Å². The molecule has 31 heavy (non-hydrogen) atoms. The summed E-state index contributed by atoms with van der Waals surface area (Å²) in [6.07, 6.45) is 2.18. The van der Waals surface area contributed by atoms with Crippen molar-refractivity contribution in [2.45, 2.75) is 45.6 Å². The highest BCUT2D eigenvalue weighted by Gasteiger charge is 2.13. The molecule has 0 aliphatic heterocycles. The number of amides is 2. The zero-order valence-corrected chi connectivity index (χ0v) is 18.4. The molecule has 2 aromatic carbocycles. The van der Waals surface area contributed by atoms with Crippen molar-refractivity contribution in [3.05, 3.63) is 83.6 Å². The molecule has 2 N–H and O–H groups in total. The first kappa shape index (κ1) is 22.3. The van der Waals surface area contributed by atoms with Gasteiger partial charge in [0.15, 0.2) is 0 Å². The summed E-state index contributed by atoms with van der Waals surface area (Å²) in [6, 6.07) is 19.8. The Kier molecular flexibility index (Phi) is 7.23. The van der Waals surface area contributed by atoms with Gasteiger partial charge in [0.05, 0.1) is 19.2 Å². The van der Waals surface area contributed by atoms with E-state index in [0.717, 1.165) is 11.1 Å². The number of carbonyl (C=O) groups is 2. The van der Waals surface area contributed by atoms with Gasteiger partial charge in [-0.3, -0.25) is 9.59 Å². The van der Waals surface area contributed by atoms with E-state index in [1.165, 1.54) is 5.56 Å². The minimum absolute atomic E-state index is 0.0947. The van der Waals surface area contributed by atoms with Crippen LogP contribution >= 0.6 is 0 Å². The van der Waals surface area contributed by atoms with Gasteiger partial charge in [0, 0.05) is 19.0 Å². The molecule has 0 spiro atoms. The molecule has 0 saturated heterocycles. The van der Waals surface area contributed by atoms with Crippen molar-refractivity contribution in [1.82, 2.24) is 15.1 Å². The van der Waals surface area contributed by atoms with Gasteiger partial charge in [0.25, 0.3) is 0 Å². The van der Waals surface area contributed by atoms with Crippen LogP contribution in [-0.4, -0.2) is 28.1 Å². The van der Waals surface area contributed by atoms with Crippen LogP contribution in [0, 0.1) is 0 Å². The maximum Gasteiger partial charge on any atom is 0.227 e. The number of aromatic nitrogens is 2. The van der Waals surface area contributed by atoms with Crippen LogP contribution in [0.3, 0.4) is 0 Å². The van der Waals surface area contributed by atoms with Crippen LogP contribution in [0.2, 0.25) is 0 Å². The van der Waals surface area contributed by atoms with Crippen LogP contribution in [0.5, 0.6) is 0 Å². The predicted molar refractivity (Wildman–Crippen MR) is 123 cm³/mol. The van der Waals surface area contributed by atoms with Crippen LogP contribution in [0.4, 0.5) is 5.82 Å². The molecule has 6 nitrogen and oxygen atoms in total. The van der Waals surface area contributed by atoms with Crippen molar-refractivity contribution in [2.24, 2.45) is 0 Å². The zero-order valence-electron chi connectivity index (χ0n) is 18.4. The molecule has 0 bridgehead atoms. The molecule has 2 amide bonds. The van der Waals surface area contributed by atoms with Gasteiger partial charge in [-0.15, -0.1) is 0 Å². The second kappa shape index (κ2) is 10.1. The first-order chi connectivity index (χ1) is 14.8. The Balaban J connectivity index is 1.47. The van der Waals surface area contributed by atoms with Crippen molar-refractivity contribution in [1.29, 1.82) is 0 Å². The van der Waals surface area contributed by atoms with Gasteiger partial charge < -0.3 is 10.6 Å². The number of rotatable bonds is 8. The van der Waals surface area contributed by atoms with Gasteiger partial charge in [-0.1, -0.05) is 75.4 Å². The Morgan fingerprint density at radius 1 is 0.903 bits per heavy atom. The summed E-state index contributed by atoms with van der Waals surface area (Å²) in [5.74, 6) is 0.382. The third-order valence-electron chi connectivity index (χ3n) is 5.02. The second-order valence-electron chi connectivity index (χ2n) is 8.63. The average molecular weight is 419 g/mol. The monoisotopic (exact) mass is 418 g/mol. The molecule has 0 atom stereocenters. The fourth-order valence-electron chi connectivity index (χ4n) is 3.21. The Bertz CT molecular complexity index is 1000. The first-order valence-electron chi connectivity index (χ1n) is 10.5. The largest absolute Gasteiger partial charge is 0.355 e. The van der Waals surface area contributed by atoms with E-state index in [1.807, 2.05) is 30.3 Å². The zero-order chi connectivity index (χ0) is 22.3. The predicted octanol–water partition coefficient (Wildman–Crippen LogP) is 3.92. The average Bonchev–Trinajstić information content (AvgIpc) is 3.15. The van der Waals surface area contributed by atoms with E-state index in [1.54, 1.807) is 16.9 Å². The molecule has 1 heterocycles.